The number of amides is 2. The van der Waals surface area contributed by atoms with Gasteiger partial charge in [0.1, 0.15) is 0 Å². The predicted octanol–water partition coefficient (Wildman–Crippen LogP) is 9.34. The van der Waals surface area contributed by atoms with Crippen molar-refractivity contribution in [2.24, 2.45) is 0 Å². The number of nitrogens with one attached hydrogen (secondary N) is 1. The summed E-state index contributed by atoms with van der Waals surface area (Å²) in [6.07, 6.45) is 1.80. The second kappa shape index (κ2) is 14.0. The average Bonchev–Trinajstić information content (AvgIpc) is 3.13. The van der Waals surface area contributed by atoms with Crippen molar-refractivity contribution in [2.45, 2.75) is 39.0 Å². The maximum Gasteiger partial charge on any atom is 0.335 e. The molecule has 9 heteroatoms. The summed E-state index contributed by atoms with van der Waals surface area (Å²) in [6, 6.07) is 46.6. The largest absolute Gasteiger partial charge is 0.403 e. The Bertz CT molecular complexity index is 2070. The number of hydrogen-bond donors (Lipinski definition) is 1. The zero-order valence-electron chi connectivity index (χ0n) is 28.3. The molecule has 0 spiro atoms. The number of carbonyl (C=O) groups excluding carboxylic acids is 1. The van der Waals surface area contributed by atoms with Gasteiger partial charge in [-0.25, -0.2) is 14.7 Å². The van der Waals surface area contributed by atoms with E-state index in [2.05, 4.69) is 114 Å². The second-order valence-corrected chi connectivity index (χ2v) is 18.5. The monoisotopic (exact) mass is 739 g/mol. The molecule has 1 aromatic heterocycles. The first-order valence-electron chi connectivity index (χ1n) is 16.6. The summed E-state index contributed by atoms with van der Waals surface area (Å²) in [5, 5.41) is 5.55. The van der Waals surface area contributed by atoms with Crippen LogP contribution in [0.3, 0.4) is 0 Å². The smallest absolute Gasteiger partial charge is 0.335 e. The molecule has 0 atom stereocenters. The molecule has 0 fully saturated rings. The van der Waals surface area contributed by atoms with Crippen molar-refractivity contribution in [1.82, 2.24) is 9.97 Å². The van der Waals surface area contributed by atoms with Gasteiger partial charge < -0.3 is 9.74 Å². The van der Waals surface area contributed by atoms with Gasteiger partial charge in [-0.1, -0.05) is 124 Å². The van der Waals surface area contributed by atoms with Gasteiger partial charge in [0, 0.05) is 21.9 Å². The van der Waals surface area contributed by atoms with Gasteiger partial charge in [0.25, 0.3) is 8.32 Å². The molecule has 0 saturated carbocycles. The van der Waals surface area contributed by atoms with Gasteiger partial charge in [-0.15, -0.1) is 0 Å². The first kappa shape index (κ1) is 33.4. The van der Waals surface area contributed by atoms with E-state index < -0.39 is 8.32 Å². The number of urea groups is 1. The Morgan fingerprint density at radius 2 is 1.42 bits per heavy atom. The second-order valence-electron chi connectivity index (χ2n) is 13.3. The van der Waals surface area contributed by atoms with E-state index >= 15 is 0 Å². The Balaban J connectivity index is 1.29. The van der Waals surface area contributed by atoms with Gasteiger partial charge in [0.15, 0.2) is 5.82 Å². The Hall–Kier alpha value is -5.09. The topological polar surface area (TPSA) is 70.6 Å². The molecular weight excluding hydrogens is 702 g/mol. The Morgan fingerprint density at radius 1 is 0.800 bits per heavy atom. The van der Waals surface area contributed by atoms with E-state index in [0.29, 0.717) is 30.6 Å². The van der Waals surface area contributed by atoms with Crippen LogP contribution in [-0.2, 0) is 17.6 Å². The summed E-state index contributed by atoms with van der Waals surface area (Å²) >= 11 is 3.66. The summed E-state index contributed by atoms with van der Waals surface area (Å²) in [4.78, 5) is 27.6. The number of rotatable bonds is 9. The highest BCUT2D eigenvalue weighted by molar-refractivity contribution is 9.10. The standard InChI is InChI=1S/C41H38BrN5O2Si/c1-41(2,3)50(34-20-9-5-10-21-34,35-22-11-6-12-23-35)49-29-30-16-15-19-33(26-30)47-38-31(27-43-39(45-38)44-32-17-7-4-8-18-32)28-46(40(47)48)37-25-14-13-24-36(37)42/h4-27H,28-29H2,1-3H3,(H,43,44,45). The van der Waals surface area contributed by atoms with Crippen molar-refractivity contribution in [3.63, 3.8) is 0 Å². The van der Waals surface area contributed by atoms with Crippen LogP contribution >= 0.6 is 15.9 Å². The van der Waals surface area contributed by atoms with Crippen LogP contribution in [0.25, 0.3) is 0 Å². The number of halogens is 1. The minimum atomic E-state index is -2.79. The van der Waals surface area contributed by atoms with E-state index in [4.69, 9.17) is 9.41 Å². The molecule has 0 unspecified atom stereocenters. The van der Waals surface area contributed by atoms with Crippen LogP contribution in [0.5, 0.6) is 0 Å². The third-order valence-corrected chi connectivity index (χ3v) is 14.7. The first-order chi connectivity index (χ1) is 24.2. The summed E-state index contributed by atoms with van der Waals surface area (Å²) in [5.74, 6) is 0.949. The van der Waals surface area contributed by atoms with Crippen LogP contribution in [-0.4, -0.2) is 24.3 Å². The van der Waals surface area contributed by atoms with E-state index in [1.165, 1.54) is 10.4 Å². The Labute approximate surface area is 302 Å². The van der Waals surface area contributed by atoms with Gasteiger partial charge in [0.05, 0.1) is 24.5 Å². The highest BCUT2D eigenvalue weighted by atomic mass is 79.9. The van der Waals surface area contributed by atoms with E-state index in [1.54, 1.807) is 16.0 Å². The molecule has 0 saturated heterocycles. The third kappa shape index (κ3) is 6.47. The molecular formula is C41H38BrN5O2Si. The van der Waals surface area contributed by atoms with Crippen LogP contribution in [0.15, 0.2) is 150 Å². The Morgan fingerprint density at radius 3 is 2.06 bits per heavy atom. The number of nitrogens with zero attached hydrogens (tertiary/aromatic N) is 4. The summed E-state index contributed by atoms with van der Waals surface area (Å²) in [5.41, 5.74) is 4.11. The lowest BCUT2D eigenvalue weighted by molar-refractivity contribution is 0.252. The minimum Gasteiger partial charge on any atom is -0.403 e. The number of aromatic nitrogens is 2. The van der Waals surface area contributed by atoms with Crippen LogP contribution in [0.4, 0.5) is 33.6 Å². The molecule has 1 N–H and O–H groups in total. The molecule has 6 aromatic rings. The highest BCUT2D eigenvalue weighted by Crippen LogP contribution is 2.40. The molecule has 1 aliphatic heterocycles. The molecule has 0 aliphatic carbocycles. The van der Waals surface area contributed by atoms with Gasteiger partial charge >= 0.3 is 6.03 Å². The molecule has 7 rings (SSSR count). The van der Waals surface area contributed by atoms with Gasteiger partial charge in [-0.05, 0) is 73.3 Å². The third-order valence-electron chi connectivity index (χ3n) is 9.02. The van der Waals surface area contributed by atoms with E-state index in [-0.39, 0.29) is 11.1 Å². The zero-order valence-corrected chi connectivity index (χ0v) is 30.8. The fourth-order valence-electron chi connectivity index (χ4n) is 6.69. The highest BCUT2D eigenvalue weighted by Gasteiger charge is 2.50. The molecule has 250 valence electrons. The number of benzene rings is 5. The number of hydrogen-bond acceptors (Lipinski definition) is 5. The van der Waals surface area contributed by atoms with E-state index in [1.807, 2.05) is 72.8 Å². The lowest BCUT2D eigenvalue weighted by Crippen LogP contribution is -2.66. The molecule has 0 bridgehead atoms. The summed E-state index contributed by atoms with van der Waals surface area (Å²) in [7, 11) is -2.79. The predicted molar refractivity (Wildman–Crippen MR) is 208 cm³/mol. The maximum atomic E-state index is 14.6. The Kier molecular flexibility index (Phi) is 9.37. The van der Waals surface area contributed by atoms with Crippen molar-refractivity contribution in [2.75, 3.05) is 15.1 Å². The number of anilines is 5. The van der Waals surface area contributed by atoms with E-state index in [9.17, 15) is 4.79 Å². The lowest BCUT2D eigenvalue weighted by Gasteiger charge is -2.43. The normalized spacial score (nSPS) is 13.2. The lowest BCUT2D eigenvalue weighted by atomic mass is 10.1. The van der Waals surface area contributed by atoms with Crippen molar-refractivity contribution in [3.8, 4) is 0 Å². The fourth-order valence-corrected chi connectivity index (χ4v) is 11.7. The zero-order chi connectivity index (χ0) is 34.7. The fraction of sp³-hybridized carbons (Fsp3) is 0.146. The van der Waals surface area contributed by atoms with Crippen LogP contribution in [0, 0.1) is 0 Å². The van der Waals surface area contributed by atoms with E-state index in [0.717, 1.165) is 27.0 Å². The molecule has 1 aliphatic rings. The number of para-hydroxylation sites is 2. The van der Waals surface area contributed by atoms with Crippen LogP contribution in [0.1, 0.15) is 31.9 Å². The van der Waals surface area contributed by atoms with Gasteiger partial charge in [-0.3, -0.25) is 4.90 Å². The van der Waals surface area contributed by atoms with Crippen LogP contribution in [0.2, 0.25) is 5.04 Å². The van der Waals surface area contributed by atoms with Crippen molar-refractivity contribution in [1.29, 1.82) is 0 Å². The maximum absolute atomic E-state index is 14.6. The molecule has 7 nitrogen and oxygen atoms in total. The van der Waals surface area contributed by atoms with Gasteiger partial charge in [0.2, 0.25) is 5.95 Å². The minimum absolute atomic E-state index is 0.169. The quantitative estimate of drug-likeness (QED) is 0.150. The average molecular weight is 741 g/mol. The van der Waals surface area contributed by atoms with Crippen LogP contribution < -0.4 is 25.5 Å². The SMILES string of the molecule is CC(C)(C)[Si](OCc1cccc(N2C(=O)N(c3ccccc3Br)Cc3cnc(Nc4ccccc4)nc32)c1)(c1ccccc1)c1ccccc1. The summed E-state index contributed by atoms with van der Waals surface area (Å²) in [6.45, 7) is 7.52. The number of carbonyl (C=O) groups is 1. The molecule has 5 aromatic carbocycles. The molecule has 0 radical (unpaired) electrons. The first-order valence-corrected chi connectivity index (χ1v) is 19.3. The van der Waals surface area contributed by atoms with Crippen molar-refractivity contribution >= 4 is 69.5 Å². The molecule has 2 amide bonds. The molecule has 2 heterocycles. The summed E-state index contributed by atoms with van der Waals surface area (Å²) < 4.78 is 8.09. The van der Waals surface area contributed by atoms with Gasteiger partial charge in [-0.2, -0.15) is 4.98 Å². The van der Waals surface area contributed by atoms with Crippen molar-refractivity contribution < 1.29 is 9.22 Å². The van der Waals surface area contributed by atoms with Crippen molar-refractivity contribution in [3.05, 3.63) is 161 Å². The molecule has 50 heavy (non-hydrogen) atoms. The number of fused-ring (bicyclic) bond motifs is 1.